The average molecular weight is 197 g/mol. The summed E-state index contributed by atoms with van der Waals surface area (Å²) in [6, 6.07) is 0.391. The van der Waals surface area contributed by atoms with Crippen LogP contribution in [0.2, 0.25) is 0 Å². The maximum atomic E-state index is 12.0. The summed E-state index contributed by atoms with van der Waals surface area (Å²) in [4.78, 5) is 13.9. The lowest BCUT2D eigenvalue weighted by Crippen LogP contribution is -2.53. The Kier molecular flexibility index (Phi) is 2.77. The third kappa shape index (κ3) is 1.54. The van der Waals surface area contributed by atoms with Crippen molar-refractivity contribution in [3.63, 3.8) is 0 Å². The molecule has 14 heavy (non-hydrogen) atoms. The van der Waals surface area contributed by atoms with Gasteiger partial charge >= 0.3 is 0 Å². The van der Waals surface area contributed by atoms with Gasteiger partial charge in [-0.25, -0.2) is 0 Å². The van der Waals surface area contributed by atoms with Crippen molar-refractivity contribution < 1.29 is 9.53 Å². The van der Waals surface area contributed by atoms with Gasteiger partial charge in [0.25, 0.3) is 0 Å². The number of amides is 1. The van der Waals surface area contributed by atoms with E-state index in [9.17, 15) is 4.79 Å². The number of fused-ring (bicyclic) bond motifs is 1. The second kappa shape index (κ2) is 3.89. The molecule has 0 N–H and O–H groups in total. The zero-order valence-electron chi connectivity index (χ0n) is 9.03. The topological polar surface area (TPSA) is 29.5 Å². The first-order chi connectivity index (χ1) is 6.74. The van der Waals surface area contributed by atoms with Gasteiger partial charge in [0.05, 0.1) is 12.0 Å². The van der Waals surface area contributed by atoms with E-state index in [1.807, 2.05) is 11.9 Å². The van der Waals surface area contributed by atoms with Gasteiger partial charge in [-0.1, -0.05) is 6.92 Å². The Morgan fingerprint density at radius 2 is 2.36 bits per heavy atom. The van der Waals surface area contributed by atoms with E-state index in [4.69, 9.17) is 4.74 Å². The van der Waals surface area contributed by atoms with Crippen molar-refractivity contribution in [1.29, 1.82) is 0 Å². The van der Waals surface area contributed by atoms with Crippen LogP contribution in [0.25, 0.3) is 0 Å². The summed E-state index contributed by atoms with van der Waals surface area (Å²) < 4.78 is 5.69. The minimum atomic E-state index is 0.150. The predicted octanol–water partition coefficient (Wildman–Crippen LogP) is 1.42. The van der Waals surface area contributed by atoms with E-state index in [0.717, 1.165) is 32.3 Å². The standard InChI is InChI=1S/C11H19NO2/c1-3-8-7-10-9(5-4-6-14-10)11(13)12(8)2/h8-10H,3-7H2,1-2H3. The molecule has 0 aromatic rings. The molecule has 0 bridgehead atoms. The molecule has 2 aliphatic rings. The molecule has 0 aromatic carbocycles. The van der Waals surface area contributed by atoms with Gasteiger partial charge in [-0.3, -0.25) is 4.79 Å². The molecule has 0 saturated carbocycles. The Hall–Kier alpha value is -0.570. The largest absolute Gasteiger partial charge is 0.377 e. The summed E-state index contributed by atoms with van der Waals surface area (Å²) in [5, 5.41) is 0. The van der Waals surface area contributed by atoms with Crippen molar-refractivity contribution in [1.82, 2.24) is 4.90 Å². The Labute approximate surface area is 85.4 Å². The average Bonchev–Trinajstić information content (AvgIpc) is 2.23. The fourth-order valence-corrected chi connectivity index (χ4v) is 2.66. The molecule has 3 nitrogen and oxygen atoms in total. The zero-order valence-corrected chi connectivity index (χ0v) is 9.03. The van der Waals surface area contributed by atoms with Gasteiger partial charge in [0.1, 0.15) is 0 Å². The Balaban J connectivity index is 2.11. The number of likely N-dealkylation sites (tertiary alicyclic amines) is 1. The maximum absolute atomic E-state index is 12.0. The van der Waals surface area contributed by atoms with Crippen LogP contribution < -0.4 is 0 Å². The fourth-order valence-electron chi connectivity index (χ4n) is 2.66. The number of ether oxygens (including phenoxy) is 1. The lowest BCUT2D eigenvalue weighted by molar-refractivity contribution is -0.156. The van der Waals surface area contributed by atoms with Crippen LogP contribution in [-0.2, 0) is 9.53 Å². The van der Waals surface area contributed by atoms with Crippen molar-refractivity contribution in [3.8, 4) is 0 Å². The molecule has 2 fully saturated rings. The van der Waals surface area contributed by atoms with Crippen LogP contribution in [0.5, 0.6) is 0 Å². The second-order valence-electron chi connectivity index (χ2n) is 4.40. The third-order valence-electron chi connectivity index (χ3n) is 3.63. The van der Waals surface area contributed by atoms with E-state index in [1.165, 1.54) is 0 Å². The Morgan fingerprint density at radius 3 is 3.07 bits per heavy atom. The fraction of sp³-hybridized carbons (Fsp3) is 0.909. The minimum Gasteiger partial charge on any atom is -0.377 e. The van der Waals surface area contributed by atoms with Crippen LogP contribution in [0, 0.1) is 5.92 Å². The van der Waals surface area contributed by atoms with Crippen molar-refractivity contribution in [2.24, 2.45) is 5.92 Å². The first-order valence-corrected chi connectivity index (χ1v) is 5.62. The molecule has 0 spiro atoms. The second-order valence-corrected chi connectivity index (χ2v) is 4.40. The summed E-state index contributed by atoms with van der Waals surface area (Å²) in [5.74, 6) is 0.448. The van der Waals surface area contributed by atoms with Crippen LogP contribution in [0.1, 0.15) is 32.6 Å². The Morgan fingerprint density at radius 1 is 1.57 bits per heavy atom. The van der Waals surface area contributed by atoms with Gasteiger partial charge in [0.15, 0.2) is 0 Å². The molecule has 0 aromatic heterocycles. The quantitative estimate of drug-likeness (QED) is 0.636. The van der Waals surface area contributed by atoms with E-state index in [-0.39, 0.29) is 12.0 Å². The number of carbonyl (C=O) groups excluding carboxylic acids is 1. The number of piperidine rings is 1. The molecule has 2 rings (SSSR count). The van der Waals surface area contributed by atoms with Crippen LogP contribution in [0.3, 0.4) is 0 Å². The number of hydrogen-bond donors (Lipinski definition) is 0. The summed E-state index contributed by atoms with van der Waals surface area (Å²) in [6.45, 7) is 2.98. The van der Waals surface area contributed by atoms with Crippen molar-refractivity contribution in [2.75, 3.05) is 13.7 Å². The van der Waals surface area contributed by atoms with Gasteiger partial charge in [0.2, 0.25) is 5.91 Å². The van der Waals surface area contributed by atoms with Gasteiger partial charge in [-0.15, -0.1) is 0 Å². The molecular formula is C11H19NO2. The monoisotopic (exact) mass is 197 g/mol. The summed E-state index contributed by atoms with van der Waals surface area (Å²) in [6.07, 6.45) is 4.33. The van der Waals surface area contributed by atoms with Crippen LogP contribution >= 0.6 is 0 Å². The van der Waals surface area contributed by atoms with E-state index in [0.29, 0.717) is 11.9 Å². The lowest BCUT2D eigenvalue weighted by Gasteiger charge is -2.43. The number of nitrogens with zero attached hydrogens (tertiary/aromatic N) is 1. The minimum absolute atomic E-state index is 0.150. The first-order valence-electron chi connectivity index (χ1n) is 5.62. The van der Waals surface area contributed by atoms with Gasteiger partial charge in [-0.05, 0) is 25.7 Å². The van der Waals surface area contributed by atoms with E-state index < -0.39 is 0 Å². The summed E-state index contributed by atoms with van der Waals surface area (Å²) in [7, 11) is 1.93. The zero-order chi connectivity index (χ0) is 10.1. The van der Waals surface area contributed by atoms with E-state index in [1.54, 1.807) is 0 Å². The highest BCUT2D eigenvalue weighted by atomic mass is 16.5. The highest BCUT2D eigenvalue weighted by Crippen LogP contribution is 2.32. The van der Waals surface area contributed by atoms with Crippen LogP contribution in [-0.4, -0.2) is 36.6 Å². The van der Waals surface area contributed by atoms with Crippen molar-refractivity contribution >= 4 is 5.91 Å². The summed E-state index contributed by atoms with van der Waals surface area (Å²) >= 11 is 0. The number of hydrogen-bond acceptors (Lipinski definition) is 2. The van der Waals surface area contributed by atoms with Gasteiger partial charge < -0.3 is 9.64 Å². The van der Waals surface area contributed by atoms with E-state index in [2.05, 4.69) is 6.92 Å². The lowest BCUT2D eigenvalue weighted by atomic mass is 9.84. The maximum Gasteiger partial charge on any atom is 0.228 e. The first kappa shape index (κ1) is 9.97. The SMILES string of the molecule is CCC1CC2OCCCC2C(=O)N1C. The van der Waals surface area contributed by atoms with Crippen molar-refractivity contribution in [3.05, 3.63) is 0 Å². The molecule has 2 saturated heterocycles. The Bertz CT molecular complexity index is 229. The molecule has 3 atom stereocenters. The van der Waals surface area contributed by atoms with Crippen LogP contribution in [0.15, 0.2) is 0 Å². The van der Waals surface area contributed by atoms with Gasteiger partial charge in [0, 0.05) is 19.7 Å². The molecule has 0 aliphatic carbocycles. The van der Waals surface area contributed by atoms with Crippen molar-refractivity contribution in [2.45, 2.75) is 44.8 Å². The molecular weight excluding hydrogens is 178 g/mol. The molecule has 3 heteroatoms. The molecule has 0 radical (unpaired) electrons. The summed E-state index contributed by atoms with van der Waals surface area (Å²) in [5.41, 5.74) is 0. The highest BCUT2D eigenvalue weighted by molar-refractivity contribution is 5.80. The molecule has 1 amide bonds. The number of carbonyl (C=O) groups is 1. The molecule has 2 aliphatic heterocycles. The predicted molar refractivity (Wildman–Crippen MR) is 53.9 cm³/mol. The smallest absolute Gasteiger partial charge is 0.228 e. The highest BCUT2D eigenvalue weighted by Gasteiger charge is 2.41. The van der Waals surface area contributed by atoms with Gasteiger partial charge in [-0.2, -0.15) is 0 Å². The third-order valence-corrected chi connectivity index (χ3v) is 3.63. The van der Waals surface area contributed by atoms with E-state index >= 15 is 0 Å². The molecule has 3 unspecified atom stereocenters. The molecule has 2 heterocycles. The number of rotatable bonds is 1. The molecule has 80 valence electrons. The van der Waals surface area contributed by atoms with Crippen LogP contribution in [0.4, 0.5) is 0 Å². The normalized spacial score (nSPS) is 38.3.